The van der Waals surface area contributed by atoms with Crippen LogP contribution in [0.25, 0.3) is 0 Å². The van der Waals surface area contributed by atoms with E-state index in [9.17, 15) is 9.50 Å². The molecular formula is C9H9BrClFO. The van der Waals surface area contributed by atoms with Crippen LogP contribution in [0.1, 0.15) is 25.0 Å². The molecule has 0 aliphatic heterocycles. The molecule has 0 heterocycles. The second-order valence-electron chi connectivity index (χ2n) is 2.68. The molecule has 1 N–H and O–H groups in total. The molecule has 0 fully saturated rings. The smallest absolute Gasteiger partial charge is 0.130 e. The van der Waals surface area contributed by atoms with E-state index in [-0.39, 0.29) is 5.56 Å². The summed E-state index contributed by atoms with van der Waals surface area (Å²) in [6, 6.07) is 2.70. The van der Waals surface area contributed by atoms with Crippen LogP contribution in [0.2, 0.25) is 5.02 Å². The van der Waals surface area contributed by atoms with Crippen molar-refractivity contribution in [3.8, 4) is 0 Å². The first-order chi connectivity index (χ1) is 6.07. The predicted molar refractivity (Wildman–Crippen MR) is 54.4 cm³/mol. The van der Waals surface area contributed by atoms with Crippen LogP contribution in [-0.2, 0) is 0 Å². The summed E-state index contributed by atoms with van der Waals surface area (Å²) in [5.74, 6) is -0.439. The highest BCUT2D eigenvalue weighted by Gasteiger charge is 2.16. The number of benzene rings is 1. The van der Waals surface area contributed by atoms with Crippen molar-refractivity contribution in [3.63, 3.8) is 0 Å². The Morgan fingerprint density at radius 3 is 2.77 bits per heavy atom. The molecular weight excluding hydrogens is 258 g/mol. The van der Waals surface area contributed by atoms with E-state index in [2.05, 4.69) is 15.9 Å². The van der Waals surface area contributed by atoms with Crippen molar-refractivity contribution in [1.82, 2.24) is 0 Å². The van der Waals surface area contributed by atoms with Crippen LogP contribution in [0, 0.1) is 5.82 Å². The molecule has 72 valence electrons. The van der Waals surface area contributed by atoms with Gasteiger partial charge in [0.15, 0.2) is 0 Å². The van der Waals surface area contributed by atoms with Crippen LogP contribution >= 0.6 is 27.5 Å². The van der Waals surface area contributed by atoms with E-state index in [1.165, 1.54) is 12.1 Å². The summed E-state index contributed by atoms with van der Waals surface area (Å²) >= 11 is 8.90. The molecule has 0 saturated carbocycles. The fourth-order valence-electron chi connectivity index (χ4n) is 1.05. The normalized spacial score (nSPS) is 13.0. The SMILES string of the molecule is CCC(O)c1c(F)ccc(Cl)c1Br. The second-order valence-corrected chi connectivity index (χ2v) is 3.88. The highest BCUT2D eigenvalue weighted by Crippen LogP contribution is 2.33. The third-order valence-corrected chi connectivity index (χ3v) is 3.20. The lowest BCUT2D eigenvalue weighted by atomic mass is 10.1. The largest absolute Gasteiger partial charge is 0.388 e. The molecule has 13 heavy (non-hydrogen) atoms. The summed E-state index contributed by atoms with van der Waals surface area (Å²) in [6.45, 7) is 1.78. The summed E-state index contributed by atoms with van der Waals surface area (Å²) in [6.07, 6.45) is -0.358. The van der Waals surface area contributed by atoms with E-state index in [1.807, 2.05) is 0 Å². The molecule has 0 aromatic heterocycles. The maximum atomic E-state index is 13.2. The molecule has 0 aliphatic carbocycles. The van der Waals surface area contributed by atoms with Gasteiger partial charge in [0.05, 0.1) is 11.1 Å². The molecule has 0 bridgehead atoms. The van der Waals surface area contributed by atoms with Gasteiger partial charge in [0, 0.05) is 10.0 Å². The van der Waals surface area contributed by atoms with Gasteiger partial charge in [-0.05, 0) is 34.5 Å². The lowest BCUT2D eigenvalue weighted by Gasteiger charge is -2.12. The Labute approximate surface area is 89.7 Å². The quantitative estimate of drug-likeness (QED) is 0.810. The van der Waals surface area contributed by atoms with Crippen molar-refractivity contribution in [2.45, 2.75) is 19.4 Å². The van der Waals surface area contributed by atoms with E-state index < -0.39 is 11.9 Å². The third kappa shape index (κ3) is 2.22. The fraction of sp³-hybridized carbons (Fsp3) is 0.333. The molecule has 1 atom stereocenters. The van der Waals surface area contributed by atoms with Gasteiger partial charge >= 0.3 is 0 Å². The molecule has 1 nitrogen and oxygen atoms in total. The molecule has 1 aromatic carbocycles. The fourth-order valence-corrected chi connectivity index (χ4v) is 1.80. The average molecular weight is 268 g/mol. The summed E-state index contributed by atoms with van der Waals surface area (Å²) in [4.78, 5) is 0. The lowest BCUT2D eigenvalue weighted by Crippen LogP contribution is -2.00. The summed E-state index contributed by atoms with van der Waals surface area (Å²) in [5.41, 5.74) is 0.231. The van der Waals surface area contributed by atoms with Gasteiger partial charge in [-0.1, -0.05) is 18.5 Å². The van der Waals surface area contributed by atoms with Crippen LogP contribution < -0.4 is 0 Å². The first-order valence-electron chi connectivity index (χ1n) is 3.89. The van der Waals surface area contributed by atoms with Crippen LogP contribution in [0.5, 0.6) is 0 Å². The maximum absolute atomic E-state index is 13.2. The number of hydrogen-bond donors (Lipinski definition) is 1. The molecule has 4 heteroatoms. The van der Waals surface area contributed by atoms with E-state index in [0.717, 1.165) is 0 Å². The van der Waals surface area contributed by atoms with Crippen LogP contribution in [0.3, 0.4) is 0 Å². The van der Waals surface area contributed by atoms with Crippen molar-refractivity contribution < 1.29 is 9.50 Å². The zero-order valence-corrected chi connectivity index (χ0v) is 9.36. The Bertz CT molecular complexity index is 317. The number of hydrogen-bond acceptors (Lipinski definition) is 1. The van der Waals surface area contributed by atoms with Gasteiger partial charge in [0.1, 0.15) is 5.82 Å². The van der Waals surface area contributed by atoms with E-state index in [1.54, 1.807) is 6.92 Å². The highest BCUT2D eigenvalue weighted by atomic mass is 79.9. The Balaban J connectivity index is 3.25. The summed E-state index contributed by atoms with van der Waals surface area (Å²) in [7, 11) is 0. The zero-order valence-electron chi connectivity index (χ0n) is 7.02. The lowest BCUT2D eigenvalue weighted by molar-refractivity contribution is 0.168. The predicted octanol–water partition coefficient (Wildman–Crippen LogP) is 3.69. The maximum Gasteiger partial charge on any atom is 0.130 e. The van der Waals surface area contributed by atoms with Gasteiger partial charge < -0.3 is 5.11 Å². The van der Waals surface area contributed by atoms with Crippen LogP contribution in [0.4, 0.5) is 4.39 Å². The average Bonchev–Trinajstić information content (AvgIpc) is 2.12. The van der Waals surface area contributed by atoms with E-state index in [0.29, 0.717) is 15.9 Å². The van der Waals surface area contributed by atoms with E-state index >= 15 is 0 Å². The molecule has 1 rings (SSSR count). The first kappa shape index (κ1) is 11.0. The second kappa shape index (κ2) is 4.40. The number of halogens is 3. The Morgan fingerprint density at radius 1 is 1.62 bits per heavy atom. The Morgan fingerprint density at radius 2 is 2.23 bits per heavy atom. The first-order valence-corrected chi connectivity index (χ1v) is 5.06. The number of aliphatic hydroxyl groups excluding tert-OH is 1. The zero-order chi connectivity index (χ0) is 10.0. The van der Waals surface area contributed by atoms with Crippen LogP contribution in [-0.4, -0.2) is 5.11 Å². The summed E-state index contributed by atoms with van der Waals surface area (Å²) < 4.78 is 13.7. The van der Waals surface area contributed by atoms with Crippen molar-refractivity contribution in [3.05, 3.63) is 33.0 Å². The van der Waals surface area contributed by atoms with Gasteiger partial charge in [0.25, 0.3) is 0 Å². The van der Waals surface area contributed by atoms with E-state index in [4.69, 9.17) is 11.6 Å². The van der Waals surface area contributed by atoms with Crippen molar-refractivity contribution in [2.24, 2.45) is 0 Å². The van der Waals surface area contributed by atoms with Gasteiger partial charge in [-0.15, -0.1) is 0 Å². The minimum atomic E-state index is -0.812. The van der Waals surface area contributed by atoms with Crippen LogP contribution in [0.15, 0.2) is 16.6 Å². The van der Waals surface area contributed by atoms with Crippen molar-refractivity contribution >= 4 is 27.5 Å². The molecule has 0 saturated heterocycles. The number of rotatable bonds is 2. The highest BCUT2D eigenvalue weighted by molar-refractivity contribution is 9.10. The Hall–Kier alpha value is -0.120. The molecule has 1 unspecified atom stereocenters. The van der Waals surface area contributed by atoms with Gasteiger partial charge in [0.2, 0.25) is 0 Å². The standard InChI is InChI=1S/C9H9BrClFO/c1-2-7(13)8-6(12)4-3-5(11)9(8)10/h3-4,7,13H,2H2,1H3. The Kier molecular flexibility index (Phi) is 3.71. The third-order valence-electron chi connectivity index (χ3n) is 1.80. The van der Waals surface area contributed by atoms with Crippen molar-refractivity contribution in [1.29, 1.82) is 0 Å². The number of aliphatic hydroxyl groups is 1. The minimum absolute atomic E-state index is 0.231. The minimum Gasteiger partial charge on any atom is -0.388 e. The van der Waals surface area contributed by atoms with Crippen molar-refractivity contribution in [2.75, 3.05) is 0 Å². The topological polar surface area (TPSA) is 20.2 Å². The van der Waals surface area contributed by atoms with Gasteiger partial charge in [-0.25, -0.2) is 4.39 Å². The van der Waals surface area contributed by atoms with Gasteiger partial charge in [-0.2, -0.15) is 0 Å². The molecule has 1 aromatic rings. The molecule has 0 amide bonds. The van der Waals surface area contributed by atoms with Gasteiger partial charge in [-0.3, -0.25) is 0 Å². The summed E-state index contributed by atoms with van der Waals surface area (Å²) in [5, 5.41) is 9.89. The molecule has 0 aliphatic rings. The molecule has 0 spiro atoms. The monoisotopic (exact) mass is 266 g/mol. The molecule has 0 radical (unpaired) electrons.